The van der Waals surface area contributed by atoms with Crippen LogP contribution in [0, 0.1) is 11.3 Å². The maximum absolute atomic E-state index is 11.9. The molecule has 0 amide bonds. The summed E-state index contributed by atoms with van der Waals surface area (Å²) in [5, 5.41) is 14.8. The zero-order valence-electron chi connectivity index (χ0n) is 8.45. The summed E-state index contributed by atoms with van der Waals surface area (Å²) in [6.45, 7) is 0. The number of sulfonamides is 1. The van der Waals surface area contributed by atoms with Crippen LogP contribution >= 0.6 is 0 Å². The number of H-pyrrole nitrogens is 1. The zero-order valence-corrected chi connectivity index (χ0v) is 9.27. The highest BCUT2D eigenvalue weighted by atomic mass is 32.2. The summed E-state index contributed by atoms with van der Waals surface area (Å²) in [6.07, 6.45) is 2.76. The predicted molar refractivity (Wildman–Crippen MR) is 58.3 cm³/mol. The SMILES string of the molecule is N#Cc1ncccc1S(=O)(=O)Nc1ccn[nH]1. The average Bonchev–Trinajstić information content (AvgIpc) is 2.81. The Balaban J connectivity index is 2.42. The van der Waals surface area contributed by atoms with E-state index in [1.54, 1.807) is 6.07 Å². The minimum atomic E-state index is -3.83. The number of rotatable bonds is 3. The van der Waals surface area contributed by atoms with Crippen LogP contribution in [0.4, 0.5) is 5.82 Å². The second-order valence-electron chi connectivity index (χ2n) is 3.04. The van der Waals surface area contributed by atoms with Crippen molar-refractivity contribution in [3.8, 4) is 6.07 Å². The molecule has 7 nitrogen and oxygen atoms in total. The van der Waals surface area contributed by atoms with Crippen LogP contribution in [0.3, 0.4) is 0 Å². The normalized spacial score (nSPS) is 10.8. The number of nitrogens with zero attached hydrogens (tertiary/aromatic N) is 3. The van der Waals surface area contributed by atoms with Crippen LogP contribution in [-0.2, 0) is 10.0 Å². The van der Waals surface area contributed by atoms with Gasteiger partial charge in [-0.1, -0.05) is 0 Å². The molecule has 17 heavy (non-hydrogen) atoms. The maximum atomic E-state index is 11.9. The Morgan fingerprint density at radius 3 is 2.82 bits per heavy atom. The summed E-state index contributed by atoms with van der Waals surface area (Å²) in [4.78, 5) is 3.52. The van der Waals surface area contributed by atoms with Crippen molar-refractivity contribution in [3.05, 3.63) is 36.3 Å². The van der Waals surface area contributed by atoms with Crippen molar-refractivity contribution in [2.45, 2.75) is 4.90 Å². The molecule has 0 aliphatic rings. The largest absolute Gasteiger partial charge is 0.265 e. The van der Waals surface area contributed by atoms with Crippen LogP contribution in [-0.4, -0.2) is 23.6 Å². The highest BCUT2D eigenvalue weighted by Gasteiger charge is 2.19. The first-order chi connectivity index (χ1) is 8.13. The molecule has 86 valence electrons. The van der Waals surface area contributed by atoms with Gasteiger partial charge in [-0.2, -0.15) is 10.4 Å². The molecule has 0 bridgehead atoms. The summed E-state index contributed by atoms with van der Waals surface area (Å²) >= 11 is 0. The molecule has 2 N–H and O–H groups in total. The molecule has 0 aliphatic carbocycles. The van der Waals surface area contributed by atoms with Crippen molar-refractivity contribution in [1.82, 2.24) is 15.2 Å². The smallest absolute Gasteiger partial charge is 0.264 e. The van der Waals surface area contributed by atoms with Crippen LogP contribution in [0.1, 0.15) is 5.69 Å². The molecule has 0 unspecified atom stereocenters. The van der Waals surface area contributed by atoms with Crippen molar-refractivity contribution in [2.24, 2.45) is 0 Å². The molecule has 0 aromatic carbocycles. The highest BCUT2D eigenvalue weighted by Crippen LogP contribution is 2.15. The van der Waals surface area contributed by atoms with Gasteiger partial charge in [-0.15, -0.1) is 0 Å². The van der Waals surface area contributed by atoms with Gasteiger partial charge >= 0.3 is 0 Å². The van der Waals surface area contributed by atoms with Crippen molar-refractivity contribution in [2.75, 3.05) is 4.72 Å². The van der Waals surface area contributed by atoms with E-state index in [0.717, 1.165) is 0 Å². The molecule has 2 heterocycles. The Kier molecular flexibility index (Phi) is 2.76. The predicted octanol–water partition coefficient (Wildman–Crippen LogP) is 0.477. The Morgan fingerprint density at radius 1 is 1.35 bits per heavy atom. The molecular formula is C9H7N5O2S. The fourth-order valence-corrected chi connectivity index (χ4v) is 2.33. The Morgan fingerprint density at radius 2 is 2.18 bits per heavy atom. The lowest BCUT2D eigenvalue weighted by Crippen LogP contribution is -2.15. The average molecular weight is 249 g/mol. The maximum Gasteiger partial charge on any atom is 0.265 e. The van der Waals surface area contributed by atoms with Crippen molar-refractivity contribution >= 4 is 15.8 Å². The molecular weight excluding hydrogens is 242 g/mol. The van der Waals surface area contributed by atoms with Gasteiger partial charge in [0.1, 0.15) is 16.8 Å². The van der Waals surface area contributed by atoms with Gasteiger partial charge in [0.25, 0.3) is 10.0 Å². The van der Waals surface area contributed by atoms with E-state index in [0.29, 0.717) is 0 Å². The monoisotopic (exact) mass is 249 g/mol. The number of hydrogen-bond acceptors (Lipinski definition) is 5. The Hall–Kier alpha value is -2.40. The summed E-state index contributed by atoms with van der Waals surface area (Å²) in [5.74, 6) is 0.220. The van der Waals surface area contributed by atoms with E-state index in [9.17, 15) is 8.42 Å². The van der Waals surface area contributed by atoms with Gasteiger partial charge in [0.05, 0.1) is 6.20 Å². The Bertz CT molecular complexity index is 657. The second-order valence-corrected chi connectivity index (χ2v) is 4.69. The lowest BCUT2D eigenvalue weighted by molar-refractivity contribution is 0.600. The van der Waals surface area contributed by atoms with E-state index >= 15 is 0 Å². The van der Waals surface area contributed by atoms with Gasteiger partial charge in [-0.3, -0.25) is 9.82 Å². The number of anilines is 1. The lowest BCUT2D eigenvalue weighted by Gasteiger charge is -2.06. The molecule has 8 heteroatoms. The summed E-state index contributed by atoms with van der Waals surface area (Å²) in [5.41, 5.74) is -0.153. The summed E-state index contributed by atoms with van der Waals surface area (Å²) in [6, 6.07) is 5.94. The fourth-order valence-electron chi connectivity index (χ4n) is 1.20. The lowest BCUT2D eigenvalue weighted by atomic mass is 10.4. The first-order valence-corrected chi connectivity index (χ1v) is 5.99. The topological polar surface area (TPSA) is 112 Å². The van der Waals surface area contributed by atoms with E-state index < -0.39 is 10.0 Å². The van der Waals surface area contributed by atoms with Crippen molar-refractivity contribution in [1.29, 1.82) is 5.26 Å². The minimum Gasteiger partial charge on any atom is -0.264 e. The first kappa shape index (κ1) is 11.1. The van der Waals surface area contributed by atoms with Crippen LogP contribution in [0.25, 0.3) is 0 Å². The van der Waals surface area contributed by atoms with E-state index in [1.807, 2.05) is 0 Å². The number of nitrogens with one attached hydrogen (secondary N) is 2. The second kappa shape index (κ2) is 4.23. The van der Waals surface area contributed by atoms with E-state index in [1.165, 1.54) is 30.6 Å². The van der Waals surface area contributed by atoms with Gasteiger partial charge in [-0.05, 0) is 12.1 Å². The minimum absolute atomic E-state index is 0.153. The van der Waals surface area contributed by atoms with E-state index in [-0.39, 0.29) is 16.4 Å². The van der Waals surface area contributed by atoms with Gasteiger partial charge in [-0.25, -0.2) is 13.4 Å². The molecule has 0 spiro atoms. The van der Waals surface area contributed by atoms with Gasteiger partial charge in [0.15, 0.2) is 5.69 Å². The van der Waals surface area contributed by atoms with Crippen LogP contribution in [0.5, 0.6) is 0 Å². The fraction of sp³-hybridized carbons (Fsp3) is 0. The quantitative estimate of drug-likeness (QED) is 0.821. The highest BCUT2D eigenvalue weighted by molar-refractivity contribution is 7.92. The standard InChI is InChI=1S/C9H7N5O2S/c10-6-7-8(2-1-4-11-7)17(15,16)14-9-3-5-12-13-9/h1-5H,(H2,12,13,14). The molecule has 0 saturated carbocycles. The number of aromatic amines is 1. The molecule has 2 aromatic rings. The van der Waals surface area contributed by atoms with Crippen molar-refractivity contribution < 1.29 is 8.42 Å². The number of pyridine rings is 1. The number of hydrogen-bond donors (Lipinski definition) is 2. The van der Waals surface area contributed by atoms with E-state index in [2.05, 4.69) is 19.9 Å². The van der Waals surface area contributed by atoms with Crippen molar-refractivity contribution in [3.63, 3.8) is 0 Å². The third-order valence-electron chi connectivity index (χ3n) is 1.91. The number of nitriles is 1. The Labute approximate surface area is 97.2 Å². The summed E-state index contributed by atoms with van der Waals surface area (Å²) < 4.78 is 26.1. The van der Waals surface area contributed by atoms with Crippen LogP contribution in [0.2, 0.25) is 0 Å². The third-order valence-corrected chi connectivity index (χ3v) is 3.31. The van der Waals surface area contributed by atoms with Gasteiger partial charge < -0.3 is 0 Å². The van der Waals surface area contributed by atoms with Gasteiger partial charge in [0, 0.05) is 12.3 Å². The molecule has 0 saturated heterocycles. The summed E-state index contributed by atoms with van der Waals surface area (Å²) in [7, 11) is -3.83. The first-order valence-electron chi connectivity index (χ1n) is 4.51. The van der Waals surface area contributed by atoms with Crippen LogP contribution < -0.4 is 4.72 Å². The molecule has 0 fully saturated rings. The molecule has 0 radical (unpaired) electrons. The zero-order chi connectivity index (χ0) is 12.3. The molecule has 2 rings (SSSR count). The van der Waals surface area contributed by atoms with Crippen LogP contribution in [0.15, 0.2) is 35.5 Å². The molecule has 0 aliphatic heterocycles. The third kappa shape index (κ3) is 2.24. The van der Waals surface area contributed by atoms with E-state index in [4.69, 9.17) is 5.26 Å². The number of aromatic nitrogens is 3. The molecule has 0 atom stereocenters. The molecule has 2 aromatic heterocycles. The van der Waals surface area contributed by atoms with Gasteiger partial charge in [0.2, 0.25) is 0 Å².